The Morgan fingerprint density at radius 1 is 1.00 bits per heavy atom. The maximum Gasteiger partial charge on any atom is 0.290 e. The maximum atomic E-state index is 12.5. The van der Waals surface area contributed by atoms with Crippen LogP contribution in [-0.2, 0) is 13.1 Å². The summed E-state index contributed by atoms with van der Waals surface area (Å²) in [5.41, 5.74) is 3.99. The van der Waals surface area contributed by atoms with E-state index >= 15 is 0 Å². The number of aromatic nitrogens is 1. The normalized spacial score (nSPS) is 14.4. The summed E-state index contributed by atoms with van der Waals surface area (Å²) in [6.07, 6.45) is 2.54. The molecule has 2 aromatic carbocycles. The lowest BCUT2D eigenvalue weighted by atomic mass is 10.1. The van der Waals surface area contributed by atoms with E-state index in [-0.39, 0.29) is 11.7 Å². The Balaban J connectivity index is 1.40. The number of benzene rings is 2. The monoisotopic (exact) mass is 361 g/mol. The molecule has 1 amide bonds. The molecule has 5 nitrogen and oxygen atoms in total. The summed E-state index contributed by atoms with van der Waals surface area (Å²) in [5.74, 6) is -0.0217. The first-order valence-corrected chi connectivity index (χ1v) is 9.39. The second-order valence-corrected chi connectivity index (χ2v) is 6.88. The largest absolute Gasteiger partial charge is 0.350 e. The van der Waals surface area contributed by atoms with Crippen LogP contribution in [0.5, 0.6) is 0 Å². The lowest BCUT2D eigenvalue weighted by Gasteiger charge is -2.17. The van der Waals surface area contributed by atoms with Crippen molar-refractivity contribution in [2.45, 2.75) is 25.9 Å². The van der Waals surface area contributed by atoms with Gasteiger partial charge in [-0.15, -0.1) is 0 Å². The summed E-state index contributed by atoms with van der Waals surface area (Å²) in [6, 6.07) is 19.6. The average Bonchev–Trinajstić information content (AvgIpc) is 3.40. The Morgan fingerprint density at radius 3 is 2.48 bits per heavy atom. The zero-order chi connectivity index (χ0) is 18.5. The highest BCUT2D eigenvalue weighted by Gasteiger charge is 2.16. The van der Waals surface area contributed by atoms with Crippen molar-refractivity contribution in [2.75, 3.05) is 13.1 Å². The molecule has 0 aliphatic carbocycles. The van der Waals surface area contributed by atoms with Crippen LogP contribution in [0.15, 0.2) is 65.2 Å². The zero-order valence-corrected chi connectivity index (χ0v) is 15.2. The standard InChI is InChI=1S/C22H23N3O2/c26-22(21-14-20(24-27-21)17-8-2-1-3-9-17)23-15-18-10-4-5-11-19(18)16-25-12-6-7-13-25/h1-5,8-11,14H,6-7,12-13,15-16H2,(H,23,26). The third-order valence-corrected chi connectivity index (χ3v) is 4.95. The van der Waals surface area contributed by atoms with E-state index in [1.807, 2.05) is 36.4 Å². The fraction of sp³-hybridized carbons (Fsp3) is 0.273. The first-order valence-electron chi connectivity index (χ1n) is 9.39. The van der Waals surface area contributed by atoms with E-state index in [2.05, 4.69) is 33.6 Å². The molecule has 0 radical (unpaired) electrons. The van der Waals surface area contributed by atoms with Crippen molar-refractivity contribution in [1.29, 1.82) is 0 Å². The highest BCUT2D eigenvalue weighted by molar-refractivity contribution is 5.92. The molecule has 0 atom stereocenters. The molecule has 0 spiro atoms. The van der Waals surface area contributed by atoms with Crippen LogP contribution in [0, 0.1) is 0 Å². The molecule has 0 bridgehead atoms. The predicted molar refractivity (Wildman–Crippen MR) is 104 cm³/mol. The average molecular weight is 361 g/mol. The minimum atomic E-state index is -0.249. The fourth-order valence-electron chi connectivity index (χ4n) is 3.46. The van der Waals surface area contributed by atoms with Crippen molar-refractivity contribution >= 4 is 5.91 Å². The third-order valence-electron chi connectivity index (χ3n) is 4.95. The number of nitrogens with zero attached hydrogens (tertiary/aromatic N) is 2. The van der Waals surface area contributed by atoms with Gasteiger partial charge in [0.1, 0.15) is 5.69 Å². The molecule has 1 aliphatic rings. The number of rotatable bonds is 6. The Hall–Kier alpha value is -2.92. The topological polar surface area (TPSA) is 58.4 Å². The molecular formula is C22H23N3O2. The van der Waals surface area contributed by atoms with Gasteiger partial charge in [0, 0.05) is 24.7 Å². The van der Waals surface area contributed by atoms with E-state index in [1.165, 1.54) is 18.4 Å². The van der Waals surface area contributed by atoms with Crippen molar-refractivity contribution in [1.82, 2.24) is 15.4 Å². The van der Waals surface area contributed by atoms with Crippen LogP contribution in [0.3, 0.4) is 0 Å². The first-order chi connectivity index (χ1) is 13.3. The van der Waals surface area contributed by atoms with Crippen molar-refractivity contribution < 1.29 is 9.32 Å². The van der Waals surface area contributed by atoms with Gasteiger partial charge in [-0.3, -0.25) is 9.69 Å². The van der Waals surface area contributed by atoms with Crippen LogP contribution in [0.2, 0.25) is 0 Å². The van der Waals surface area contributed by atoms with Crippen molar-refractivity contribution in [3.05, 3.63) is 77.6 Å². The van der Waals surface area contributed by atoms with Gasteiger partial charge in [-0.05, 0) is 37.1 Å². The van der Waals surface area contributed by atoms with Crippen LogP contribution in [0.1, 0.15) is 34.5 Å². The molecule has 1 saturated heterocycles. The van der Waals surface area contributed by atoms with E-state index in [0.29, 0.717) is 12.2 Å². The number of nitrogens with one attached hydrogen (secondary N) is 1. The van der Waals surface area contributed by atoms with Crippen LogP contribution < -0.4 is 5.32 Å². The lowest BCUT2D eigenvalue weighted by molar-refractivity contribution is 0.0914. The predicted octanol–water partition coefficient (Wildman–Crippen LogP) is 3.87. The Labute approximate surface area is 159 Å². The van der Waals surface area contributed by atoms with Gasteiger partial charge in [0.05, 0.1) is 0 Å². The fourth-order valence-corrected chi connectivity index (χ4v) is 3.46. The summed E-state index contributed by atoms with van der Waals surface area (Å²) >= 11 is 0. The SMILES string of the molecule is O=C(NCc1ccccc1CN1CCCC1)c1cc(-c2ccccc2)no1. The molecule has 0 unspecified atom stereocenters. The number of hydrogen-bond donors (Lipinski definition) is 1. The Kier molecular flexibility index (Phi) is 5.30. The number of carbonyl (C=O) groups excluding carboxylic acids is 1. The molecule has 5 heteroatoms. The molecule has 138 valence electrons. The third kappa shape index (κ3) is 4.26. The molecule has 2 heterocycles. The van der Waals surface area contributed by atoms with Crippen LogP contribution in [-0.4, -0.2) is 29.1 Å². The van der Waals surface area contributed by atoms with Gasteiger partial charge in [0.2, 0.25) is 5.76 Å². The summed E-state index contributed by atoms with van der Waals surface area (Å²) in [7, 11) is 0. The van der Waals surface area contributed by atoms with Gasteiger partial charge >= 0.3 is 0 Å². The van der Waals surface area contributed by atoms with Crippen LogP contribution >= 0.6 is 0 Å². The molecule has 4 rings (SSSR count). The number of hydrogen-bond acceptors (Lipinski definition) is 4. The molecular weight excluding hydrogens is 338 g/mol. The van der Waals surface area contributed by atoms with Gasteiger partial charge in [0.15, 0.2) is 0 Å². The maximum absolute atomic E-state index is 12.5. The number of carbonyl (C=O) groups is 1. The van der Waals surface area contributed by atoms with Gasteiger partial charge < -0.3 is 9.84 Å². The van der Waals surface area contributed by atoms with E-state index in [9.17, 15) is 4.79 Å². The smallest absolute Gasteiger partial charge is 0.290 e. The van der Waals surface area contributed by atoms with E-state index in [1.54, 1.807) is 6.07 Å². The van der Waals surface area contributed by atoms with Crippen LogP contribution in [0.4, 0.5) is 0 Å². The van der Waals surface area contributed by atoms with Gasteiger partial charge in [0.25, 0.3) is 5.91 Å². The number of amides is 1. The minimum Gasteiger partial charge on any atom is -0.350 e. The van der Waals surface area contributed by atoms with Crippen LogP contribution in [0.25, 0.3) is 11.3 Å². The summed E-state index contributed by atoms with van der Waals surface area (Å²) in [5, 5.41) is 6.96. The molecule has 1 aromatic heterocycles. The second-order valence-electron chi connectivity index (χ2n) is 6.88. The first kappa shape index (κ1) is 17.5. The quantitative estimate of drug-likeness (QED) is 0.724. The zero-order valence-electron chi connectivity index (χ0n) is 15.2. The number of likely N-dealkylation sites (tertiary alicyclic amines) is 1. The second kappa shape index (κ2) is 8.18. The summed E-state index contributed by atoms with van der Waals surface area (Å²) in [4.78, 5) is 14.9. The highest BCUT2D eigenvalue weighted by Crippen LogP contribution is 2.19. The molecule has 1 N–H and O–H groups in total. The van der Waals surface area contributed by atoms with E-state index in [4.69, 9.17) is 4.52 Å². The van der Waals surface area contributed by atoms with Crippen molar-refractivity contribution in [3.8, 4) is 11.3 Å². The highest BCUT2D eigenvalue weighted by atomic mass is 16.5. The summed E-state index contributed by atoms with van der Waals surface area (Å²) in [6.45, 7) is 3.72. The molecule has 3 aromatic rings. The molecule has 27 heavy (non-hydrogen) atoms. The molecule has 1 aliphatic heterocycles. The Bertz CT molecular complexity index is 899. The van der Waals surface area contributed by atoms with Gasteiger partial charge in [-0.2, -0.15) is 0 Å². The molecule has 1 fully saturated rings. The minimum absolute atomic E-state index is 0.228. The van der Waals surface area contributed by atoms with E-state index in [0.717, 1.165) is 30.8 Å². The van der Waals surface area contributed by atoms with E-state index < -0.39 is 0 Å². The summed E-state index contributed by atoms with van der Waals surface area (Å²) < 4.78 is 5.24. The lowest BCUT2D eigenvalue weighted by Crippen LogP contribution is -2.24. The Morgan fingerprint density at radius 2 is 1.70 bits per heavy atom. The van der Waals surface area contributed by atoms with Gasteiger partial charge in [-0.1, -0.05) is 59.8 Å². The van der Waals surface area contributed by atoms with Crippen molar-refractivity contribution in [2.24, 2.45) is 0 Å². The van der Waals surface area contributed by atoms with Crippen molar-refractivity contribution in [3.63, 3.8) is 0 Å². The van der Waals surface area contributed by atoms with Gasteiger partial charge in [-0.25, -0.2) is 0 Å². The molecule has 0 saturated carbocycles.